The Hall–Kier alpha value is -1.51. The molecule has 1 aliphatic rings. The van der Waals surface area contributed by atoms with E-state index in [0.717, 1.165) is 18.7 Å². The van der Waals surface area contributed by atoms with Crippen LogP contribution in [0, 0.1) is 0 Å². The van der Waals surface area contributed by atoms with Gasteiger partial charge in [-0.25, -0.2) is 0 Å². The molecule has 3 N–H and O–H groups in total. The molecular formula is C11H14N2O. The van der Waals surface area contributed by atoms with Crippen molar-refractivity contribution in [2.24, 2.45) is 0 Å². The molecule has 3 heteroatoms. The molecule has 1 atom stereocenters. The van der Waals surface area contributed by atoms with Gasteiger partial charge >= 0.3 is 0 Å². The highest BCUT2D eigenvalue weighted by Crippen LogP contribution is 2.23. The lowest BCUT2D eigenvalue weighted by molar-refractivity contribution is -0.122. The van der Waals surface area contributed by atoms with Crippen LogP contribution in [0.15, 0.2) is 24.3 Å². The molecule has 0 aromatic heterocycles. The summed E-state index contributed by atoms with van der Waals surface area (Å²) in [5.41, 5.74) is 7.66. The minimum atomic E-state index is 0.164. The van der Waals surface area contributed by atoms with E-state index in [9.17, 15) is 4.79 Å². The van der Waals surface area contributed by atoms with Gasteiger partial charge in [-0.2, -0.15) is 0 Å². The van der Waals surface area contributed by atoms with Crippen LogP contribution in [0.5, 0.6) is 0 Å². The first-order valence-electron chi connectivity index (χ1n) is 4.88. The summed E-state index contributed by atoms with van der Waals surface area (Å²) in [7, 11) is 0. The summed E-state index contributed by atoms with van der Waals surface area (Å²) in [4.78, 5) is 11.0. The maximum atomic E-state index is 11.0. The Balaban J connectivity index is 2.08. The number of rotatable bonds is 1. The number of hydrogen-bond acceptors (Lipinski definition) is 2. The molecule has 0 bridgehead atoms. The van der Waals surface area contributed by atoms with Crippen molar-refractivity contribution in [2.75, 3.05) is 12.3 Å². The van der Waals surface area contributed by atoms with E-state index in [0.29, 0.717) is 12.3 Å². The van der Waals surface area contributed by atoms with E-state index in [1.54, 1.807) is 0 Å². The number of amides is 1. The molecule has 1 fully saturated rings. The molecule has 0 spiro atoms. The van der Waals surface area contributed by atoms with Crippen molar-refractivity contribution in [3.05, 3.63) is 29.8 Å². The highest BCUT2D eigenvalue weighted by Gasteiger charge is 2.18. The zero-order valence-corrected chi connectivity index (χ0v) is 7.99. The summed E-state index contributed by atoms with van der Waals surface area (Å²) in [5, 5.41) is 2.88. The zero-order chi connectivity index (χ0) is 9.97. The molecule has 0 radical (unpaired) electrons. The number of nitrogen functional groups attached to an aromatic ring is 1. The van der Waals surface area contributed by atoms with Crippen molar-refractivity contribution in [3.63, 3.8) is 0 Å². The molecule has 2 rings (SSSR count). The second-order valence-corrected chi connectivity index (χ2v) is 3.71. The van der Waals surface area contributed by atoms with Crippen LogP contribution in [0.25, 0.3) is 0 Å². The van der Waals surface area contributed by atoms with Gasteiger partial charge in [-0.3, -0.25) is 4.79 Å². The van der Waals surface area contributed by atoms with E-state index < -0.39 is 0 Å². The predicted molar refractivity (Wildman–Crippen MR) is 55.8 cm³/mol. The summed E-state index contributed by atoms with van der Waals surface area (Å²) in [6.07, 6.45) is 1.57. The standard InChI is InChI=1S/C11H14N2O/c12-10-4-1-8(2-5-10)9-3-6-11(14)13-7-9/h1-2,4-5,9H,3,6-7,12H2,(H,13,14)/t9-/m0/s1. The molecule has 14 heavy (non-hydrogen) atoms. The van der Waals surface area contributed by atoms with Gasteiger partial charge in [-0.05, 0) is 24.1 Å². The van der Waals surface area contributed by atoms with Crippen molar-refractivity contribution in [2.45, 2.75) is 18.8 Å². The van der Waals surface area contributed by atoms with Gasteiger partial charge in [0.25, 0.3) is 0 Å². The highest BCUT2D eigenvalue weighted by atomic mass is 16.1. The average molecular weight is 190 g/mol. The SMILES string of the molecule is Nc1ccc([C@H]2CCC(=O)NC2)cc1. The lowest BCUT2D eigenvalue weighted by atomic mass is 9.91. The topological polar surface area (TPSA) is 55.1 Å². The van der Waals surface area contributed by atoms with Crippen LogP contribution >= 0.6 is 0 Å². The summed E-state index contributed by atoms with van der Waals surface area (Å²) >= 11 is 0. The molecule has 0 aliphatic carbocycles. The lowest BCUT2D eigenvalue weighted by Gasteiger charge is -2.22. The number of nitrogens with two attached hydrogens (primary N) is 1. The zero-order valence-electron chi connectivity index (χ0n) is 7.99. The fourth-order valence-electron chi connectivity index (χ4n) is 1.79. The molecule has 1 saturated heterocycles. The van der Waals surface area contributed by atoms with Crippen molar-refractivity contribution >= 4 is 11.6 Å². The van der Waals surface area contributed by atoms with Crippen LogP contribution < -0.4 is 11.1 Å². The average Bonchev–Trinajstić information content (AvgIpc) is 2.21. The maximum Gasteiger partial charge on any atom is 0.220 e. The van der Waals surface area contributed by atoms with Gasteiger partial charge in [0.15, 0.2) is 0 Å². The number of benzene rings is 1. The number of anilines is 1. The molecule has 74 valence electrons. The van der Waals surface area contributed by atoms with Gasteiger partial charge in [-0.15, -0.1) is 0 Å². The van der Waals surface area contributed by atoms with E-state index >= 15 is 0 Å². The van der Waals surface area contributed by atoms with E-state index in [1.807, 2.05) is 24.3 Å². The molecule has 1 aliphatic heterocycles. The number of carbonyl (C=O) groups is 1. The van der Waals surface area contributed by atoms with Gasteiger partial charge in [0.2, 0.25) is 5.91 Å². The predicted octanol–water partition coefficient (Wildman–Crippen LogP) is 1.26. The lowest BCUT2D eigenvalue weighted by Crippen LogP contribution is -2.33. The highest BCUT2D eigenvalue weighted by molar-refractivity contribution is 5.76. The molecule has 3 nitrogen and oxygen atoms in total. The summed E-state index contributed by atoms with van der Waals surface area (Å²) in [6, 6.07) is 7.90. The maximum absolute atomic E-state index is 11.0. The van der Waals surface area contributed by atoms with Gasteiger partial charge in [0.05, 0.1) is 0 Å². The minimum Gasteiger partial charge on any atom is -0.399 e. The van der Waals surface area contributed by atoms with Crippen molar-refractivity contribution in [1.29, 1.82) is 0 Å². The molecule has 1 aromatic carbocycles. The van der Waals surface area contributed by atoms with Gasteiger partial charge in [-0.1, -0.05) is 12.1 Å². The quantitative estimate of drug-likeness (QED) is 0.655. The Morgan fingerprint density at radius 3 is 2.57 bits per heavy atom. The Morgan fingerprint density at radius 1 is 1.29 bits per heavy atom. The number of carbonyl (C=O) groups excluding carboxylic acids is 1. The van der Waals surface area contributed by atoms with Gasteiger partial charge in [0, 0.05) is 24.6 Å². The van der Waals surface area contributed by atoms with E-state index in [1.165, 1.54) is 5.56 Å². The first-order valence-corrected chi connectivity index (χ1v) is 4.88. The Kier molecular flexibility index (Phi) is 2.39. The fraction of sp³-hybridized carbons (Fsp3) is 0.364. The van der Waals surface area contributed by atoms with Crippen molar-refractivity contribution in [3.8, 4) is 0 Å². The number of hydrogen-bond donors (Lipinski definition) is 2. The second-order valence-electron chi connectivity index (χ2n) is 3.71. The minimum absolute atomic E-state index is 0.164. The summed E-state index contributed by atoms with van der Waals surface area (Å²) in [6.45, 7) is 0.753. The molecular weight excluding hydrogens is 176 g/mol. The van der Waals surface area contributed by atoms with E-state index in [2.05, 4.69) is 5.32 Å². The normalized spacial score (nSPS) is 21.7. The largest absolute Gasteiger partial charge is 0.399 e. The van der Waals surface area contributed by atoms with Crippen LogP contribution in [0.3, 0.4) is 0 Å². The second kappa shape index (κ2) is 3.70. The van der Waals surface area contributed by atoms with Crippen LogP contribution in [-0.4, -0.2) is 12.5 Å². The van der Waals surface area contributed by atoms with Crippen LogP contribution in [0.4, 0.5) is 5.69 Å². The summed E-state index contributed by atoms with van der Waals surface area (Å²) < 4.78 is 0. The number of piperidine rings is 1. The molecule has 1 amide bonds. The first kappa shape index (κ1) is 9.06. The monoisotopic (exact) mass is 190 g/mol. The van der Waals surface area contributed by atoms with E-state index in [-0.39, 0.29) is 5.91 Å². The Morgan fingerprint density at radius 2 is 2.00 bits per heavy atom. The fourth-order valence-corrected chi connectivity index (χ4v) is 1.79. The molecule has 1 heterocycles. The third-order valence-electron chi connectivity index (χ3n) is 2.67. The van der Waals surface area contributed by atoms with Crippen molar-refractivity contribution in [1.82, 2.24) is 5.32 Å². The number of nitrogens with one attached hydrogen (secondary N) is 1. The summed E-state index contributed by atoms with van der Waals surface area (Å²) in [5.74, 6) is 0.616. The first-order chi connectivity index (χ1) is 6.75. The molecule has 0 saturated carbocycles. The Bertz CT molecular complexity index is 322. The van der Waals surface area contributed by atoms with Crippen molar-refractivity contribution < 1.29 is 4.79 Å². The van der Waals surface area contributed by atoms with Crippen LogP contribution in [-0.2, 0) is 4.79 Å². The van der Waals surface area contributed by atoms with Crippen LogP contribution in [0.2, 0.25) is 0 Å². The van der Waals surface area contributed by atoms with Gasteiger partial charge < -0.3 is 11.1 Å². The van der Waals surface area contributed by atoms with Crippen LogP contribution in [0.1, 0.15) is 24.3 Å². The third-order valence-corrected chi connectivity index (χ3v) is 2.67. The smallest absolute Gasteiger partial charge is 0.220 e. The third kappa shape index (κ3) is 1.87. The molecule has 0 unspecified atom stereocenters. The van der Waals surface area contributed by atoms with Gasteiger partial charge in [0.1, 0.15) is 0 Å². The van der Waals surface area contributed by atoms with E-state index in [4.69, 9.17) is 5.73 Å². The molecule has 1 aromatic rings. The Labute approximate surface area is 83.3 Å².